The highest BCUT2D eigenvalue weighted by Gasteiger charge is 2.13. The SMILES string of the molecule is CCN(Cc1cccc(N)c1)c1ncnc2nc[nH]c12. The third-order valence-electron chi connectivity index (χ3n) is 3.21. The first-order valence-electron chi connectivity index (χ1n) is 6.51. The van der Waals surface area contributed by atoms with E-state index in [0.29, 0.717) is 5.65 Å². The lowest BCUT2D eigenvalue weighted by atomic mass is 10.2. The molecule has 0 atom stereocenters. The number of nitrogens with two attached hydrogens (primary N) is 1. The number of benzene rings is 1. The average Bonchev–Trinajstić information content (AvgIpc) is 2.93. The summed E-state index contributed by atoms with van der Waals surface area (Å²) in [4.78, 5) is 17.9. The highest BCUT2D eigenvalue weighted by Crippen LogP contribution is 2.21. The summed E-state index contributed by atoms with van der Waals surface area (Å²) in [6.07, 6.45) is 3.18. The fourth-order valence-electron chi connectivity index (χ4n) is 2.24. The molecular weight excluding hydrogens is 252 g/mol. The van der Waals surface area contributed by atoms with E-state index in [1.165, 1.54) is 0 Å². The zero-order chi connectivity index (χ0) is 13.9. The normalized spacial score (nSPS) is 10.8. The lowest BCUT2D eigenvalue weighted by Crippen LogP contribution is -2.23. The van der Waals surface area contributed by atoms with Gasteiger partial charge in [0.05, 0.1) is 6.33 Å². The van der Waals surface area contributed by atoms with Crippen LogP contribution in [0, 0.1) is 0 Å². The molecule has 3 N–H and O–H groups in total. The summed E-state index contributed by atoms with van der Waals surface area (Å²) < 4.78 is 0. The number of aromatic nitrogens is 4. The van der Waals surface area contributed by atoms with Gasteiger partial charge in [0.2, 0.25) is 0 Å². The molecule has 0 radical (unpaired) electrons. The van der Waals surface area contributed by atoms with Gasteiger partial charge in [0, 0.05) is 18.8 Å². The van der Waals surface area contributed by atoms with E-state index >= 15 is 0 Å². The number of H-pyrrole nitrogens is 1. The number of rotatable bonds is 4. The molecule has 0 unspecified atom stereocenters. The highest BCUT2D eigenvalue weighted by molar-refractivity contribution is 5.82. The number of hydrogen-bond donors (Lipinski definition) is 2. The zero-order valence-electron chi connectivity index (χ0n) is 11.2. The number of hydrogen-bond acceptors (Lipinski definition) is 5. The highest BCUT2D eigenvalue weighted by atomic mass is 15.2. The number of nitrogens with one attached hydrogen (secondary N) is 1. The van der Waals surface area contributed by atoms with Crippen molar-refractivity contribution in [2.75, 3.05) is 17.2 Å². The molecule has 0 bridgehead atoms. The van der Waals surface area contributed by atoms with Crippen molar-refractivity contribution in [3.8, 4) is 0 Å². The predicted molar refractivity (Wildman–Crippen MR) is 79.3 cm³/mol. The molecule has 0 fully saturated rings. The van der Waals surface area contributed by atoms with Crippen molar-refractivity contribution >= 4 is 22.7 Å². The summed E-state index contributed by atoms with van der Waals surface area (Å²) >= 11 is 0. The van der Waals surface area contributed by atoms with E-state index in [1.807, 2.05) is 18.2 Å². The van der Waals surface area contributed by atoms with Gasteiger partial charge in [-0.3, -0.25) is 0 Å². The molecule has 0 saturated carbocycles. The topological polar surface area (TPSA) is 83.7 Å². The van der Waals surface area contributed by atoms with E-state index in [1.54, 1.807) is 12.7 Å². The lowest BCUT2D eigenvalue weighted by Gasteiger charge is -2.22. The van der Waals surface area contributed by atoms with Gasteiger partial charge in [0.15, 0.2) is 11.5 Å². The van der Waals surface area contributed by atoms with Crippen molar-refractivity contribution in [2.45, 2.75) is 13.5 Å². The minimum absolute atomic E-state index is 0.682. The van der Waals surface area contributed by atoms with Crippen LogP contribution in [0.3, 0.4) is 0 Å². The number of anilines is 2. The van der Waals surface area contributed by atoms with Gasteiger partial charge in [-0.05, 0) is 24.6 Å². The summed E-state index contributed by atoms with van der Waals surface area (Å²) in [5, 5.41) is 0. The number of aromatic amines is 1. The van der Waals surface area contributed by atoms with Crippen molar-refractivity contribution in [3.63, 3.8) is 0 Å². The van der Waals surface area contributed by atoms with Crippen LogP contribution in [-0.2, 0) is 6.54 Å². The van der Waals surface area contributed by atoms with E-state index in [9.17, 15) is 0 Å². The maximum atomic E-state index is 5.83. The lowest BCUT2D eigenvalue weighted by molar-refractivity contribution is 0.815. The summed E-state index contributed by atoms with van der Waals surface area (Å²) in [5.41, 5.74) is 9.29. The van der Waals surface area contributed by atoms with Crippen molar-refractivity contribution in [2.24, 2.45) is 0 Å². The third-order valence-corrected chi connectivity index (χ3v) is 3.21. The Balaban J connectivity index is 1.95. The second-order valence-corrected chi connectivity index (χ2v) is 4.56. The molecule has 1 aromatic carbocycles. The van der Waals surface area contributed by atoms with Gasteiger partial charge in [-0.2, -0.15) is 0 Å². The zero-order valence-corrected chi connectivity index (χ0v) is 11.2. The van der Waals surface area contributed by atoms with E-state index in [2.05, 4.69) is 37.8 Å². The quantitative estimate of drug-likeness (QED) is 0.707. The van der Waals surface area contributed by atoms with E-state index in [-0.39, 0.29) is 0 Å². The van der Waals surface area contributed by atoms with Crippen LogP contribution in [0.15, 0.2) is 36.9 Å². The number of nitrogens with zero attached hydrogens (tertiary/aromatic N) is 4. The van der Waals surface area contributed by atoms with Crippen LogP contribution in [0.5, 0.6) is 0 Å². The van der Waals surface area contributed by atoms with Crippen molar-refractivity contribution in [1.29, 1.82) is 0 Å². The molecule has 3 aromatic rings. The van der Waals surface area contributed by atoms with Gasteiger partial charge < -0.3 is 15.6 Å². The molecule has 0 saturated heterocycles. The molecule has 6 heteroatoms. The monoisotopic (exact) mass is 268 g/mol. The van der Waals surface area contributed by atoms with Crippen molar-refractivity contribution in [3.05, 3.63) is 42.5 Å². The average molecular weight is 268 g/mol. The molecule has 20 heavy (non-hydrogen) atoms. The Bertz CT molecular complexity index is 720. The Hall–Kier alpha value is -2.63. The first-order valence-corrected chi connectivity index (χ1v) is 6.51. The van der Waals surface area contributed by atoms with Gasteiger partial charge in [0.25, 0.3) is 0 Å². The summed E-state index contributed by atoms with van der Waals surface area (Å²) in [6.45, 7) is 3.67. The largest absolute Gasteiger partial charge is 0.399 e. The Kier molecular flexibility index (Phi) is 3.20. The van der Waals surface area contributed by atoms with E-state index < -0.39 is 0 Å². The maximum absolute atomic E-state index is 5.83. The molecule has 0 aliphatic heterocycles. The van der Waals surface area contributed by atoms with Crippen LogP contribution in [0.2, 0.25) is 0 Å². The summed E-state index contributed by atoms with van der Waals surface area (Å²) in [5.74, 6) is 0.859. The maximum Gasteiger partial charge on any atom is 0.182 e. The summed E-state index contributed by atoms with van der Waals surface area (Å²) in [6, 6.07) is 7.89. The van der Waals surface area contributed by atoms with Crippen LogP contribution in [0.4, 0.5) is 11.5 Å². The molecule has 2 heterocycles. The van der Waals surface area contributed by atoms with Crippen molar-refractivity contribution < 1.29 is 0 Å². The second kappa shape index (κ2) is 5.16. The Morgan fingerprint density at radius 2 is 2.15 bits per heavy atom. The molecule has 0 aliphatic rings. The van der Waals surface area contributed by atoms with Crippen LogP contribution in [0.25, 0.3) is 11.2 Å². The number of fused-ring (bicyclic) bond motifs is 1. The third kappa shape index (κ3) is 2.27. The van der Waals surface area contributed by atoms with Gasteiger partial charge in [0.1, 0.15) is 11.8 Å². The molecule has 0 amide bonds. The smallest absolute Gasteiger partial charge is 0.182 e. The standard InChI is InChI=1S/C14H16N6/c1-2-20(7-10-4-3-5-11(15)6-10)14-12-13(17-8-16-12)18-9-19-14/h3-6,8-9H,2,7,15H2,1H3,(H,16,17,18,19). The second-order valence-electron chi connectivity index (χ2n) is 4.56. The fourth-order valence-corrected chi connectivity index (χ4v) is 2.24. The first kappa shape index (κ1) is 12.4. The molecule has 3 rings (SSSR count). The molecular formula is C14H16N6. The van der Waals surface area contributed by atoms with Crippen molar-refractivity contribution in [1.82, 2.24) is 19.9 Å². The van der Waals surface area contributed by atoms with E-state index in [0.717, 1.165) is 35.7 Å². The molecule has 102 valence electrons. The predicted octanol–water partition coefficient (Wildman–Crippen LogP) is 1.96. The fraction of sp³-hybridized carbons (Fsp3) is 0.214. The molecule has 0 spiro atoms. The molecule has 2 aromatic heterocycles. The number of nitrogen functional groups attached to an aromatic ring is 1. The van der Waals surface area contributed by atoms with Gasteiger partial charge in [-0.15, -0.1) is 0 Å². The minimum atomic E-state index is 0.682. The molecule has 0 aliphatic carbocycles. The minimum Gasteiger partial charge on any atom is -0.399 e. The first-order chi connectivity index (χ1) is 9.78. The molecule has 6 nitrogen and oxygen atoms in total. The summed E-state index contributed by atoms with van der Waals surface area (Å²) in [7, 11) is 0. The van der Waals surface area contributed by atoms with Crippen LogP contribution >= 0.6 is 0 Å². The van der Waals surface area contributed by atoms with Crippen LogP contribution < -0.4 is 10.6 Å². The Labute approximate surface area is 116 Å². The van der Waals surface area contributed by atoms with Crippen LogP contribution in [0.1, 0.15) is 12.5 Å². The Morgan fingerprint density at radius 1 is 1.25 bits per heavy atom. The van der Waals surface area contributed by atoms with Gasteiger partial charge in [-0.1, -0.05) is 12.1 Å². The van der Waals surface area contributed by atoms with Crippen LogP contribution in [-0.4, -0.2) is 26.5 Å². The van der Waals surface area contributed by atoms with E-state index in [4.69, 9.17) is 5.73 Å². The van der Waals surface area contributed by atoms with Gasteiger partial charge in [-0.25, -0.2) is 15.0 Å². The number of imidazole rings is 1. The van der Waals surface area contributed by atoms with Gasteiger partial charge >= 0.3 is 0 Å². The Morgan fingerprint density at radius 3 is 2.95 bits per heavy atom.